The maximum atomic E-state index is 15.2. The molecule has 6 aliphatic heterocycles. The molecule has 0 atom stereocenters. The van der Waals surface area contributed by atoms with E-state index < -0.39 is 23.6 Å². The number of anilines is 4. The molecule has 0 saturated heterocycles. The van der Waals surface area contributed by atoms with E-state index in [0.29, 0.717) is 204 Å². The third-order valence-electron chi connectivity index (χ3n) is 18.7. The molecule has 20 nitrogen and oxygen atoms in total. The Morgan fingerprint density at radius 1 is 0.302 bits per heavy atom. The van der Waals surface area contributed by atoms with Crippen LogP contribution in [0.1, 0.15) is 103 Å². The van der Waals surface area contributed by atoms with Crippen molar-refractivity contribution in [2.45, 2.75) is 38.5 Å². The van der Waals surface area contributed by atoms with Gasteiger partial charge in [-0.05, 0) is 160 Å². The number of hydrogen-bond acceptors (Lipinski definition) is 14. The van der Waals surface area contributed by atoms with Gasteiger partial charge in [0.05, 0.1) is 83.2 Å². The van der Waals surface area contributed by atoms with Crippen molar-refractivity contribution in [2.75, 3.05) is 76.1 Å². The van der Waals surface area contributed by atoms with E-state index in [1.807, 2.05) is 146 Å². The summed E-state index contributed by atoms with van der Waals surface area (Å²) in [6, 6.07) is 58.4. The number of rotatable bonds is 4. The van der Waals surface area contributed by atoms with Crippen LogP contribution in [0.3, 0.4) is 0 Å². The van der Waals surface area contributed by atoms with Gasteiger partial charge in [0.25, 0.3) is 23.6 Å². The topological polar surface area (TPSA) is 248 Å². The second kappa shape index (κ2) is 30.7. The minimum atomic E-state index is -0.446. The molecule has 106 heavy (non-hydrogen) atoms. The number of amides is 4. The highest BCUT2D eigenvalue weighted by atomic mass is 16.5. The Balaban J connectivity index is 1.03. The van der Waals surface area contributed by atoms with E-state index in [-0.39, 0.29) is 28.9 Å². The van der Waals surface area contributed by atoms with Gasteiger partial charge in [-0.2, -0.15) is 0 Å². The van der Waals surface area contributed by atoms with Crippen molar-refractivity contribution in [3.63, 3.8) is 0 Å². The highest BCUT2D eigenvalue weighted by molar-refractivity contribution is 6.13. The van der Waals surface area contributed by atoms with Crippen molar-refractivity contribution in [3.8, 4) is 90.5 Å². The summed E-state index contributed by atoms with van der Waals surface area (Å²) in [4.78, 5) is 79.2. The smallest absolute Gasteiger partial charge is 0.259 e. The number of fused-ring (bicyclic) bond motifs is 16. The summed E-state index contributed by atoms with van der Waals surface area (Å²) in [7, 11) is 6.17. The van der Waals surface area contributed by atoms with Gasteiger partial charge in [-0.15, -0.1) is 0 Å². The number of aromatic nitrogens is 4. The van der Waals surface area contributed by atoms with Crippen molar-refractivity contribution >= 4 is 92.7 Å². The predicted octanol–water partition coefficient (Wildman–Crippen LogP) is 18.3. The van der Waals surface area contributed by atoms with E-state index in [0.717, 1.165) is 12.8 Å². The molecule has 18 bridgehead atoms. The minimum Gasteiger partial charge on any atom is -0.497 e. The SMILES string of the molecule is COc1cc2cc(c1)C(=O)Nc1ccccc1-c1c3nc(c4c5ccc([nH]5)c(c5nc(c(c6ccc1[nH]6)-c1ccccc1NC(=O)c1cc(OC)cc(c1)OCCCCCOc1cc(OC)cc(c1)C(=O)Nc1ccccc1-4)C=C5)-c1ccccc1NC(=O)c1ccc(OC)cc1OCCCCCO2)C=C3. The van der Waals surface area contributed by atoms with Gasteiger partial charge < -0.3 is 69.1 Å². The van der Waals surface area contributed by atoms with Crippen molar-refractivity contribution in [1.82, 2.24) is 19.9 Å². The van der Waals surface area contributed by atoms with E-state index in [1.54, 1.807) is 79.9 Å². The molecule has 11 aromatic rings. The average Bonchev–Trinajstić information content (AvgIpc) is 1.61. The molecule has 0 fully saturated rings. The number of carbonyl (C=O) groups is 4. The lowest BCUT2D eigenvalue weighted by atomic mass is 10.0. The van der Waals surface area contributed by atoms with Gasteiger partial charge in [0, 0.05) is 130 Å². The third-order valence-corrected chi connectivity index (χ3v) is 18.7. The van der Waals surface area contributed by atoms with E-state index in [9.17, 15) is 0 Å². The van der Waals surface area contributed by atoms with Crippen LogP contribution in [0.2, 0.25) is 0 Å². The van der Waals surface area contributed by atoms with Gasteiger partial charge in [-0.3, -0.25) is 19.2 Å². The Kier molecular flexibility index (Phi) is 19.8. The van der Waals surface area contributed by atoms with Gasteiger partial charge in [0.2, 0.25) is 0 Å². The molecule has 6 aliphatic rings. The lowest BCUT2D eigenvalue weighted by molar-refractivity contribution is 0.101. The number of nitrogens with zero attached hydrogens (tertiary/aromatic N) is 2. The summed E-state index contributed by atoms with van der Waals surface area (Å²) < 4.78 is 48.4. The largest absolute Gasteiger partial charge is 0.497 e. The molecule has 530 valence electrons. The molecule has 0 aliphatic carbocycles. The van der Waals surface area contributed by atoms with Gasteiger partial charge in [-0.1, -0.05) is 72.8 Å². The van der Waals surface area contributed by atoms with E-state index in [4.69, 9.17) is 47.9 Å². The number of nitrogens with one attached hydrogen (secondary N) is 6. The lowest BCUT2D eigenvalue weighted by Crippen LogP contribution is -2.15. The molecule has 9 heterocycles. The zero-order valence-electron chi connectivity index (χ0n) is 58.6. The Morgan fingerprint density at radius 2 is 0.613 bits per heavy atom. The summed E-state index contributed by atoms with van der Waals surface area (Å²) in [6.45, 7) is 1.30. The number of hydrogen-bond donors (Lipinski definition) is 6. The molecule has 4 amide bonds. The van der Waals surface area contributed by atoms with Crippen molar-refractivity contribution in [3.05, 3.63) is 239 Å². The predicted molar refractivity (Wildman–Crippen MR) is 414 cm³/mol. The number of benzene rings is 8. The fourth-order valence-corrected chi connectivity index (χ4v) is 13.5. The maximum Gasteiger partial charge on any atom is 0.259 e. The number of para-hydroxylation sites is 4. The zero-order valence-corrected chi connectivity index (χ0v) is 58.6. The van der Waals surface area contributed by atoms with Gasteiger partial charge in [0.15, 0.2) is 0 Å². The van der Waals surface area contributed by atoms with Crippen LogP contribution in [-0.4, -0.2) is 98.4 Å². The summed E-state index contributed by atoms with van der Waals surface area (Å²) in [5.41, 5.74) is 12.1. The number of carbonyl (C=O) groups excluding carboxylic acids is 4. The van der Waals surface area contributed by atoms with Gasteiger partial charge in [-0.25, -0.2) is 9.97 Å². The molecule has 6 N–H and O–H groups in total. The summed E-state index contributed by atoms with van der Waals surface area (Å²) in [5, 5.41) is 13.0. The van der Waals surface area contributed by atoms with Crippen LogP contribution in [0.25, 0.3) is 90.9 Å². The maximum absolute atomic E-state index is 15.2. The van der Waals surface area contributed by atoms with Crippen LogP contribution in [-0.2, 0) is 0 Å². The van der Waals surface area contributed by atoms with Crippen molar-refractivity contribution in [1.29, 1.82) is 0 Å². The Morgan fingerprint density at radius 3 is 0.943 bits per heavy atom. The molecule has 17 rings (SSSR count). The number of aromatic amines is 2. The van der Waals surface area contributed by atoms with Gasteiger partial charge >= 0.3 is 0 Å². The van der Waals surface area contributed by atoms with Crippen molar-refractivity contribution < 1.29 is 57.1 Å². The first-order valence-electron chi connectivity index (χ1n) is 35.0. The summed E-state index contributed by atoms with van der Waals surface area (Å²) in [5.74, 6) is 1.66. The third kappa shape index (κ3) is 14.6. The van der Waals surface area contributed by atoms with Gasteiger partial charge in [0.1, 0.15) is 46.0 Å². The fraction of sp³-hybridized carbons (Fsp3) is 0.163. The first-order chi connectivity index (χ1) is 51.9. The average molecular weight is 1410 g/mol. The second-order valence-electron chi connectivity index (χ2n) is 25.6. The second-order valence-corrected chi connectivity index (χ2v) is 25.6. The molecule has 0 saturated carbocycles. The van der Waals surface area contributed by atoms with Crippen molar-refractivity contribution in [2.24, 2.45) is 0 Å². The highest BCUT2D eigenvalue weighted by Gasteiger charge is 2.27. The number of ether oxygens (including phenoxy) is 8. The highest BCUT2D eigenvalue weighted by Crippen LogP contribution is 2.44. The van der Waals surface area contributed by atoms with Crippen LogP contribution in [0.5, 0.6) is 46.0 Å². The normalized spacial score (nSPS) is 14.1. The van der Waals surface area contributed by atoms with E-state index in [2.05, 4.69) is 31.2 Å². The van der Waals surface area contributed by atoms with Crippen LogP contribution in [0.15, 0.2) is 194 Å². The summed E-state index contributed by atoms with van der Waals surface area (Å²) >= 11 is 0. The van der Waals surface area contributed by atoms with Crippen LogP contribution < -0.4 is 59.2 Å². The molecular formula is C86H74N8O12. The Labute approximate surface area is 611 Å². The molecule has 8 aromatic carbocycles. The Hall–Kier alpha value is -13.4. The zero-order chi connectivity index (χ0) is 72.6. The standard InChI is InChI=1S/C86H74N8O12/c1-99-54-27-28-65-78(50-54)106-40-18-6-17-39-105-60-46-53(43-57(49-60)102-4)85(97)91-66-23-11-7-19-61(66)79-70-29-31-72(87-70)80-62-20-8-12-24-67(62)92-83(95)51-41-55(100-2)47-58(44-51)103-37-15-5-16-38-104-59-45-52(42-56(48-59)101-3)84(96)93-68-25-13-9-21-63(68)81(73-32-30-71(79)88-73)75-34-36-77(90-75)82(76-35-33-74(80)89-76)64-22-10-14-26-69(64)94-86(65)98/h7-14,19-36,41-50,87,90H,5-6,15-18,37-40H2,1-4H3,(H,91,97)(H,92,95)(H,93,96)(H,94,98). The number of methoxy groups -OCH3 is 4. The molecule has 3 aromatic heterocycles. The van der Waals surface area contributed by atoms with Crippen LogP contribution in [0, 0.1) is 0 Å². The summed E-state index contributed by atoms with van der Waals surface area (Å²) in [6.07, 6.45) is 11.8. The van der Waals surface area contributed by atoms with Crippen LogP contribution >= 0.6 is 0 Å². The van der Waals surface area contributed by atoms with Crippen LogP contribution in [0.4, 0.5) is 22.7 Å². The first-order valence-corrected chi connectivity index (χ1v) is 35.0. The quantitative estimate of drug-likeness (QED) is 0.0960. The lowest BCUT2D eigenvalue weighted by Gasteiger charge is -2.16. The molecule has 0 spiro atoms. The molecule has 0 unspecified atom stereocenters. The van der Waals surface area contributed by atoms with E-state index in [1.165, 1.54) is 21.3 Å². The monoisotopic (exact) mass is 1410 g/mol. The van der Waals surface area contributed by atoms with E-state index >= 15 is 19.2 Å². The fourth-order valence-electron chi connectivity index (χ4n) is 13.5. The minimum absolute atomic E-state index is 0.269. The molecule has 0 radical (unpaired) electrons. The molecular weight excluding hydrogens is 1340 g/mol. The first kappa shape index (κ1) is 68.4. The molecule has 20 heteroatoms. The number of H-pyrrole nitrogens is 2. The Bertz CT molecular complexity index is 5410.